The zero-order valence-corrected chi connectivity index (χ0v) is 11.9. The van der Waals surface area contributed by atoms with Crippen LogP contribution in [0.1, 0.15) is 31.1 Å². The third-order valence-electron chi connectivity index (χ3n) is 3.16. The van der Waals surface area contributed by atoms with Crippen molar-refractivity contribution in [1.82, 2.24) is 5.06 Å². The number of amides is 2. The maximum atomic E-state index is 13.2. The van der Waals surface area contributed by atoms with E-state index in [1.54, 1.807) is 12.1 Å². The average Bonchev–Trinajstić information content (AvgIpc) is 2.76. The van der Waals surface area contributed by atoms with Gasteiger partial charge < -0.3 is 4.84 Å². The fraction of sp³-hybridized carbons (Fsp3) is 0. The number of fused-ring (bicyclic) bond motifs is 1. The highest BCUT2D eigenvalue weighted by Crippen LogP contribution is 2.25. The summed E-state index contributed by atoms with van der Waals surface area (Å²) in [6.45, 7) is 0. The number of hydroxylamine groups is 2. The first-order chi connectivity index (χ1) is 10.9. The van der Waals surface area contributed by atoms with Gasteiger partial charge in [-0.05, 0) is 24.3 Å². The van der Waals surface area contributed by atoms with Crippen LogP contribution in [0.2, 0.25) is 5.02 Å². The molecule has 116 valence electrons. The molecule has 0 atom stereocenters. The van der Waals surface area contributed by atoms with E-state index in [4.69, 9.17) is 16.4 Å². The number of imide groups is 1. The number of hydrogen-bond donors (Lipinski definition) is 0. The Labute approximate surface area is 133 Å². The van der Waals surface area contributed by atoms with E-state index in [0.717, 1.165) is 0 Å². The van der Waals surface area contributed by atoms with Crippen LogP contribution in [0.15, 0.2) is 36.4 Å². The van der Waals surface area contributed by atoms with Gasteiger partial charge in [0.1, 0.15) is 0 Å². The van der Waals surface area contributed by atoms with E-state index in [0.29, 0.717) is 12.1 Å². The summed E-state index contributed by atoms with van der Waals surface area (Å²) in [6.07, 6.45) is 0. The van der Waals surface area contributed by atoms with E-state index in [1.807, 2.05) is 0 Å². The highest BCUT2D eigenvalue weighted by molar-refractivity contribution is 6.33. The summed E-state index contributed by atoms with van der Waals surface area (Å²) in [6, 6.07) is 7.00. The minimum absolute atomic E-state index is 0.0710. The quantitative estimate of drug-likeness (QED) is 0.624. The Morgan fingerprint density at radius 2 is 1.52 bits per heavy atom. The van der Waals surface area contributed by atoms with Gasteiger partial charge in [0.25, 0.3) is 11.8 Å². The van der Waals surface area contributed by atoms with Crippen LogP contribution in [0.5, 0.6) is 0 Å². The molecule has 8 heteroatoms. The van der Waals surface area contributed by atoms with Crippen molar-refractivity contribution in [1.29, 1.82) is 0 Å². The van der Waals surface area contributed by atoms with Crippen LogP contribution in [-0.2, 0) is 4.84 Å². The van der Waals surface area contributed by atoms with Crippen LogP contribution in [0.4, 0.5) is 8.78 Å². The molecule has 0 aliphatic carbocycles. The topological polar surface area (TPSA) is 63.7 Å². The van der Waals surface area contributed by atoms with Gasteiger partial charge in [0.05, 0.1) is 21.7 Å². The Hall–Kier alpha value is -2.80. The molecule has 0 unspecified atom stereocenters. The van der Waals surface area contributed by atoms with Gasteiger partial charge in [-0.15, -0.1) is 0 Å². The molecule has 1 aliphatic heterocycles. The summed E-state index contributed by atoms with van der Waals surface area (Å²) >= 11 is 5.65. The molecule has 2 aromatic carbocycles. The van der Waals surface area contributed by atoms with Crippen LogP contribution in [0.3, 0.4) is 0 Å². The second kappa shape index (κ2) is 5.44. The SMILES string of the molecule is O=C(ON1C(=O)c2ccccc2C1=O)c1cc(F)c(F)cc1Cl. The van der Waals surface area contributed by atoms with E-state index in [1.165, 1.54) is 12.1 Å². The maximum Gasteiger partial charge on any atom is 0.365 e. The molecule has 0 spiro atoms. The number of nitrogens with zero attached hydrogens (tertiary/aromatic N) is 1. The molecule has 0 fully saturated rings. The minimum atomic E-state index is -1.32. The van der Waals surface area contributed by atoms with Crippen LogP contribution in [-0.4, -0.2) is 22.8 Å². The zero-order valence-electron chi connectivity index (χ0n) is 11.2. The van der Waals surface area contributed by atoms with E-state index in [2.05, 4.69) is 0 Å². The van der Waals surface area contributed by atoms with Gasteiger partial charge in [0, 0.05) is 0 Å². The second-order valence-corrected chi connectivity index (χ2v) is 4.98. The number of rotatable bonds is 2. The van der Waals surface area contributed by atoms with Gasteiger partial charge in [-0.2, -0.15) is 0 Å². The molecule has 1 heterocycles. The largest absolute Gasteiger partial charge is 0.365 e. The normalized spacial score (nSPS) is 13.3. The Balaban J connectivity index is 1.89. The van der Waals surface area contributed by atoms with E-state index in [9.17, 15) is 23.2 Å². The number of hydrogen-bond acceptors (Lipinski definition) is 4. The van der Waals surface area contributed by atoms with Gasteiger partial charge in [-0.25, -0.2) is 13.6 Å². The number of benzene rings is 2. The Morgan fingerprint density at radius 1 is 1.00 bits per heavy atom. The maximum absolute atomic E-state index is 13.2. The first-order valence-corrected chi connectivity index (χ1v) is 6.62. The molecule has 0 N–H and O–H groups in total. The summed E-state index contributed by atoms with van der Waals surface area (Å²) in [5, 5.41) is -0.157. The molecule has 0 saturated carbocycles. The van der Waals surface area contributed by atoms with Crippen molar-refractivity contribution in [3.05, 3.63) is 69.7 Å². The molecule has 2 aromatic rings. The smallest absolute Gasteiger partial charge is 0.324 e. The number of carbonyl (C=O) groups excluding carboxylic acids is 3. The third-order valence-corrected chi connectivity index (χ3v) is 3.47. The fourth-order valence-corrected chi connectivity index (χ4v) is 2.29. The van der Waals surface area contributed by atoms with Crippen LogP contribution in [0.25, 0.3) is 0 Å². The minimum Gasteiger partial charge on any atom is -0.324 e. The molecular weight excluding hydrogens is 332 g/mol. The Bertz CT molecular complexity index is 834. The van der Waals surface area contributed by atoms with Crippen LogP contribution >= 0.6 is 11.6 Å². The molecule has 0 bridgehead atoms. The Morgan fingerprint density at radius 3 is 2.09 bits per heavy atom. The zero-order chi connectivity index (χ0) is 16.7. The monoisotopic (exact) mass is 337 g/mol. The predicted molar refractivity (Wildman–Crippen MR) is 73.7 cm³/mol. The van der Waals surface area contributed by atoms with E-state index >= 15 is 0 Å². The lowest BCUT2D eigenvalue weighted by molar-refractivity contribution is -0.0584. The standard InChI is InChI=1S/C15H6ClF2NO4/c16-10-6-12(18)11(17)5-9(10)15(22)23-19-13(20)7-3-1-2-4-8(7)14(19)21/h1-6H. The van der Waals surface area contributed by atoms with Crippen LogP contribution in [0, 0.1) is 11.6 Å². The summed E-state index contributed by atoms with van der Waals surface area (Å²) in [7, 11) is 0. The van der Waals surface area contributed by atoms with Crippen LogP contribution < -0.4 is 0 Å². The summed E-state index contributed by atoms with van der Waals surface area (Å²) in [5.41, 5.74) is -0.370. The number of halogens is 3. The molecular formula is C15H6ClF2NO4. The molecule has 0 radical (unpaired) electrons. The fourth-order valence-electron chi connectivity index (χ4n) is 2.06. The molecule has 1 aliphatic rings. The Kier molecular flexibility index (Phi) is 3.57. The first-order valence-electron chi connectivity index (χ1n) is 6.25. The van der Waals surface area contributed by atoms with E-state index < -0.39 is 40.0 Å². The van der Waals surface area contributed by atoms with Gasteiger partial charge in [-0.1, -0.05) is 28.8 Å². The van der Waals surface area contributed by atoms with Gasteiger partial charge >= 0.3 is 5.97 Å². The summed E-state index contributed by atoms with van der Waals surface area (Å²) < 4.78 is 26.2. The van der Waals surface area contributed by atoms with Crippen molar-refractivity contribution in [2.75, 3.05) is 0 Å². The van der Waals surface area contributed by atoms with Crippen molar-refractivity contribution in [2.45, 2.75) is 0 Å². The first kappa shape index (κ1) is 15.1. The van der Waals surface area contributed by atoms with Gasteiger partial charge in [0.15, 0.2) is 11.6 Å². The predicted octanol–water partition coefficient (Wildman–Crippen LogP) is 2.99. The summed E-state index contributed by atoms with van der Waals surface area (Å²) in [4.78, 5) is 40.8. The highest BCUT2D eigenvalue weighted by Gasteiger charge is 2.39. The third kappa shape index (κ3) is 2.44. The van der Waals surface area contributed by atoms with Crippen molar-refractivity contribution >= 4 is 29.4 Å². The lowest BCUT2D eigenvalue weighted by Gasteiger charge is -2.13. The van der Waals surface area contributed by atoms with Crippen molar-refractivity contribution < 1.29 is 28.0 Å². The van der Waals surface area contributed by atoms with E-state index in [-0.39, 0.29) is 16.2 Å². The van der Waals surface area contributed by atoms with Crippen molar-refractivity contribution in [3.63, 3.8) is 0 Å². The van der Waals surface area contributed by atoms with Gasteiger partial charge in [0.2, 0.25) is 0 Å². The summed E-state index contributed by atoms with van der Waals surface area (Å²) in [5.74, 6) is -5.49. The van der Waals surface area contributed by atoms with Crippen molar-refractivity contribution in [3.8, 4) is 0 Å². The molecule has 2 amide bonds. The van der Waals surface area contributed by atoms with Gasteiger partial charge in [-0.3, -0.25) is 9.59 Å². The average molecular weight is 338 g/mol. The molecule has 3 rings (SSSR count). The van der Waals surface area contributed by atoms with Crippen molar-refractivity contribution in [2.24, 2.45) is 0 Å². The lowest BCUT2D eigenvalue weighted by Crippen LogP contribution is -2.32. The molecule has 0 aromatic heterocycles. The second-order valence-electron chi connectivity index (χ2n) is 4.58. The molecule has 5 nitrogen and oxygen atoms in total. The number of carbonyl (C=O) groups is 3. The molecule has 23 heavy (non-hydrogen) atoms. The highest BCUT2D eigenvalue weighted by atomic mass is 35.5. The molecule has 0 saturated heterocycles. The lowest BCUT2D eigenvalue weighted by atomic mass is 10.1.